The van der Waals surface area contributed by atoms with Crippen LogP contribution in [0.1, 0.15) is 83.6 Å². The number of ketones is 1. The molecule has 4 aliphatic rings. The minimum absolute atomic E-state index is 0.00850. The number of alkyl carbamates (subject to hydrolysis) is 1. The zero-order valence-electron chi connectivity index (χ0n) is 21.5. The van der Waals surface area contributed by atoms with Crippen LogP contribution < -0.4 is 5.32 Å². The largest absolute Gasteiger partial charge is 0.444 e. The summed E-state index contributed by atoms with van der Waals surface area (Å²) in [5, 5.41) is 2.68. The number of ether oxygens (including phenoxy) is 1. The Bertz CT molecular complexity index is 1050. The maximum Gasteiger partial charge on any atom is 0.408 e. The number of likely N-dealkylation sites (tertiary alicyclic amines) is 1. The highest BCUT2D eigenvalue weighted by Gasteiger charge is 2.58. The first-order valence-electron chi connectivity index (χ1n) is 13.3. The summed E-state index contributed by atoms with van der Waals surface area (Å²) in [6.07, 6.45) is 4.13. The summed E-state index contributed by atoms with van der Waals surface area (Å²) in [6, 6.07) is 8.55. The van der Waals surface area contributed by atoms with Crippen LogP contribution in [-0.4, -0.2) is 69.3 Å². The van der Waals surface area contributed by atoms with E-state index in [-0.39, 0.29) is 48.4 Å². The maximum absolute atomic E-state index is 14.0. The lowest BCUT2D eigenvalue weighted by atomic mass is 9.96. The lowest BCUT2D eigenvalue weighted by Crippen LogP contribution is -2.58. The van der Waals surface area contributed by atoms with E-state index >= 15 is 0 Å². The van der Waals surface area contributed by atoms with Crippen LogP contribution in [0.3, 0.4) is 0 Å². The van der Waals surface area contributed by atoms with Gasteiger partial charge in [-0.25, -0.2) is 4.79 Å². The van der Waals surface area contributed by atoms with E-state index in [1.807, 2.05) is 23.1 Å². The Balaban J connectivity index is 1.35. The molecule has 1 aromatic carbocycles. The van der Waals surface area contributed by atoms with Gasteiger partial charge in [-0.15, -0.1) is 0 Å². The number of amides is 3. The van der Waals surface area contributed by atoms with Crippen molar-refractivity contribution < 1.29 is 23.9 Å². The van der Waals surface area contributed by atoms with Crippen LogP contribution in [-0.2, 0) is 19.1 Å². The molecule has 0 unspecified atom stereocenters. The fourth-order valence-corrected chi connectivity index (χ4v) is 6.33. The fourth-order valence-electron chi connectivity index (χ4n) is 6.33. The van der Waals surface area contributed by atoms with Crippen LogP contribution in [0.4, 0.5) is 4.79 Å². The summed E-state index contributed by atoms with van der Waals surface area (Å²) in [4.78, 5) is 56.5. The van der Waals surface area contributed by atoms with Gasteiger partial charge in [-0.1, -0.05) is 30.3 Å². The molecule has 8 heteroatoms. The molecule has 0 radical (unpaired) electrons. The second kappa shape index (κ2) is 9.20. The number of carbonyl (C=O) groups excluding carboxylic acids is 4. The van der Waals surface area contributed by atoms with E-state index in [9.17, 15) is 19.2 Å². The second-order valence-electron chi connectivity index (χ2n) is 12.0. The molecular weight excluding hydrogens is 458 g/mol. The van der Waals surface area contributed by atoms with E-state index in [4.69, 9.17) is 4.74 Å². The first-order chi connectivity index (χ1) is 17.1. The SMILES string of the molecule is CC(C)(C)OC(=O)N[C@H]1CCC(=O)C[C@H]2CC[C@@H](C(=O)N3C[C@@H](c4ccccc4)CC34CC4)N2C1=O. The van der Waals surface area contributed by atoms with Gasteiger partial charge in [-0.05, 0) is 64.9 Å². The molecule has 36 heavy (non-hydrogen) atoms. The normalized spacial score (nSPS) is 29.5. The van der Waals surface area contributed by atoms with Gasteiger partial charge in [0.1, 0.15) is 23.5 Å². The summed E-state index contributed by atoms with van der Waals surface area (Å²) >= 11 is 0. The minimum atomic E-state index is -0.884. The number of nitrogens with zero attached hydrogens (tertiary/aromatic N) is 2. The highest BCUT2D eigenvalue weighted by molar-refractivity contribution is 5.94. The summed E-state index contributed by atoms with van der Waals surface area (Å²) in [6.45, 7) is 5.93. The van der Waals surface area contributed by atoms with Crippen LogP contribution in [0.25, 0.3) is 0 Å². The molecule has 1 aromatic rings. The molecule has 4 atom stereocenters. The molecule has 5 rings (SSSR count). The average molecular weight is 496 g/mol. The molecule has 1 spiro atoms. The van der Waals surface area contributed by atoms with Gasteiger partial charge < -0.3 is 19.9 Å². The average Bonchev–Trinajstić information content (AvgIpc) is 3.30. The predicted octanol–water partition coefficient (Wildman–Crippen LogP) is 3.54. The van der Waals surface area contributed by atoms with Crippen LogP contribution >= 0.6 is 0 Å². The van der Waals surface area contributed by atoms with Gasteiger partial charge in [0.15, 0.2) is 0 Å². The van der Waals surface area contributed by atoms with Gasteiger partial charge in [-0.3, -0.25) is 14.4 Å². The van der Waals surface area contributed by atoms with Gasteiger partial charge >= 0.3 is 6.09 Å². The third-order valence-electron chi connectivity index (χ3n) is 8.17. The van der Waals surface area contributed by atoms with Gasteiger partial charge in [-0.2, -0.15) is 0 Å². The Morgan fingerprint density at radius 2 is 1.78 bits per heavy atom. The van der Waals surface area contributed by atoms with E-state index in [2.05, 4.69) is 17.4 Å². The quantitative estimate of drug-likeness (QED) is 0.692. The lowest BCUT2D eigenvalue weighted by Gasteiger charge is -2.37. The van der Waals surface area contributed by atoms with Crippen LogP contribution in [0, 0.1) is 0 Å². The third kappa shape index (κ3) is 4.87. The first kappa shape index (κ1) is 24.8. The predicted molar refractivity (Wildman–Crippen MR) is 133 cm³/mol. The summed E-state index contributed by atoms with van der Waals surface area (Å²) in [7, 11) is 0. The minimum Gasteiger partial charge on any atom is -0.444 e. The van der Waals surface area contributed by atoms with Crippen molar-refractivity contribution in [3.05, 3.63) is 35.9 Å². The van der Waals surface area contributed by atoms with Gasteiger partial charge in [0, 0.05) is 36.9 Å². The highest BCUT2D eigenvalue weighted by atomic mass is 16.6. The molecule has 4 fully saturated rings. The molecule has 3 heterocycles. The zero-order chi connectivity index (χ0) is 25.7. The number of rotatable bonds is 3. The Kier molecular flexibility index (Phi) is 6.33. The highest BCUT2D eigenvalue weighted by Crippen LogP contribution is 2.54. The molecule has 3 amide bonds. The summed E-state index contributed by atoms with van der Waals surface area (Å²) < 4.78 is 5.36. The van der Waals surface area contributed by atoms with Gasteiger partial charge in [0.2, 0.25) is 11.8 Å². The Morgan fingerprint density at radius 1 is 1.06 bits per heavy atom. The van der Waals surface area contributed by atoms with Crippen molar-refractivity contribution in [1.82, 2.24) is 15.1 Å². The maximum atomic E-state index is 14.0. The molecule has 0 aromatic heterocycles. The molecule has 3 aliphatic heterocycles. The van der Waals surface area contributed by atoms with Gasteiger partial charge in [0.25, 0.3) is 0 Å². The number of hydrogen-bond donors (Lipinski definition) is 1. The van der Waals surface area contributed by atoms with Crippen molar-refractivity contribution in [2.45, 2.75) is 107 Å². The van der Waals surface area contributed by atoms with E-state index < -0.39 is 23.8 Å². The number of carbonyl (C=O) groups is 4. The molecule has 0 bridgehead atoms. The van der Waals surface area contributed by atoms with E-state index in [0.29, 0.717) is 25.3 Å². The fraction of sp³-hybridized carbons (Fsp3) is 0.643. The molecular formula is C28H37N3O5. The molecule has 1 saturated carbocycles. The monoisotopic (exact) mass is 495 g/mol. The molecule has 8 nitrogen and oxygen atoms in total. The van der Waals surface area contributed by atoms with Crippen molar-refractivity contribution in [1.29, 1.82) is 0 Å². The second-order valence-corrected chi connectivity index (χ2v) is 12.0. The van der Waals surface area contributed by atoms with Crippen molar-refractivity contribution >= 4 is 23.7 Å². The smallest absolute Gasteiger partial charge is 0.408 e. The lowest BCUT2D eigenvalue weighted by molar-refractivity contribution is -0.149. The van der Waals surface area contributed by atoms with Crippen molar-refractivity contribution in [3.8, 4) is 0 Å². The zero-order valence-corrected chi connectivity index (χ0v) is 21.5. The Labute approximate surface area is 212 Å². The third-order valence-corrected chi connectivity index (χ3v) is 8.17. The number of Topliss-reactive ketones (excluding diaryl/α,β-unsaturated/α-hetero) is 1. The number of benzene rings is 1. The summed E-state index contributed by atoms with van der Waals surface area (Å²) in [5.41, 5.74) is 0.437. The van der Waals surface area contributed by atoms with E-state index in [1.54, 1.807) is 25.7 Å². The topological polar surface area (TPSA) is 96.0 Å². The standard InChI is InChI=1S/C28H37N3O5/c1-27(2,3)36-26(35)29-22-11-10-21(32)15-20-9-12-23(31(20)24(22)33)25(34)30-17-19(16-28(30)13-14-28)18-7-5-4-6-8-18/h4-8,19-20,22-23H,9-17H2,1-3H3,(H,29,35)/t19-,20+,22-,23-/m0/s1. The van der Waals surface area contributed by atoms with E-state index in [1.165, 1.54) is 5.56 Å². The van der Waals surface area contributed by atoms with Crippen molar-refractivity contribution in [3.63, 3.8) is 0 Å². The Morgan fingerprint density at radius 3 is 2.44 bits per heavy atom. The van der Waals surface area contributed by atoms with Crippen LogP contribution in [0.5, 0.6) is 0 Å². The number of hydrogen-bond acceptors (Lipinski definition) is 5. The number of fused-ring (bicyclic) bond motifs is 1. The first-order valence-corrected chi connectivity index (χ1v) is 13.3. The Hall–Kier alpha value is -2.90. The molecule has 1 N–H and O–H groups in total. The van der Waals surface area contributed by atoms with Crippen molar-refractivity contribution in [2.24, 2.45) is 0 Å². The van der Waals surface area contributed by atoms with Gasteiger partial charge in [0.05, 0.1) is 0 Å². The summed E-state index contributed by atoms with van der Waals surface area (Å²) in [5.74, 6) is 0.0651. The molecule has 3 saturated heterocycles. The van der Waals surface area contributed by atoms with E-state index in [0.717, 1.165) is 19.3 Å². The molecule has 1 aliphatic carbocycles. The number of nitrogens with one attached hydrogen (secondary N) is 1. The van der Waals surface area contributed by atoms with Crippen LogP contribution in [0.2, 0.25) is 0 Å². The molecule has 194 valence electrons. The van der Waals surface area contributed by atoms with Crippen molar-refractivity contribution in [2.75, 3.05) is 6.54 Å². The van der Waals surface area contributed by atoms with Crippen LogP contribution in [0.15, 0.2) is 30.3 Å².